The molecule has 0 bridgehead atoms. The second-order valence-electron chi connectivity index (χ2n) is 5.66. The fraction of sp³-hybridized carbons (Fsp3) is 0.286. The number of rotatable bonds is 2. The van der Waals surface area contributed by atoms with Gasteiger partial charge in [0.1, 0.15) is 5.60 Å². The van der Waals surface area contributed by atoms with E-state index in [1.165, 1.54) is 6.07 Å². The average molecular weight is 286 g/mol. The number of esters is 1. The van der Waals surface area contributed by atoms with Gasteiger partial charge in [0, 0.05) is 10.9 Å². The second-order valence-corrected chi connectivity index (χ2v) is 5.66. The zero-order valence-electron chi connectivity index (χ0n) is 12.0. The quantitative estimate of drug-likeness (QED) is 0.556. The molecule has 3 N–H and O–H groups in total. The smallest absolute Gasteiger partial charge is 0.456 e. The molecule has 0 spiro atoms. The number of aromatic amines is 1. The molecular weight excluding hydrogens is 271 g/mol. The first kappa shape index (κ1) is 15.1. The summed E-state index contributed by atoms with van der Waals surface area (Å²) in [5, 5.41) is 28.2. The number of hydrogen-bond acceptors (Lipinski definition) is 5. The van der Waals surface area contributed by atoms with E-state index in [-0.39, 0.29) is 11.2 Å². The minimum Gasteiger partial charge on any atom is -0.456 e. The van der Waals surface area contributed by atoms with Crippen molar-refractivity contribution >= 4 is 29.6 Å². The fourth-order valence-corrected chi connectivity index (χ4v) is 2.02. The molecule has 1 aromatic heterocycles. The molecule has 0 aliphatic heterocycles. The van der Waals surface area contributed by atoms with Gasteiger partial charge in [-0.15, -0.1) is 0 Å². The Morgan fingerprint density at radius 2 is 2.05 bits per heavy atom. The molecule has 0 aliphatic rings. The number of nitrogens with one attached hydrogen (secondary N) is 1. The number of benzene rings is 1. The number of fused-ring (bicyclic) bond motifs is 1. The summed E-state index contributed by atoms with van der Waals surface area (Å²) in [4.78, 5) is 15.1. The van der Waals surface area contributed by atoms with Crippen molar-refractivity contribution in [2.45, 2.75) is 26.4 Å². The molecule has 1 aromatic carbocycles. The highest BCUT2D eigenvalue weighted by Gasteiger charge is 2.29. The normalized spacial score (nSPS) is 11.2. The standard InChI is InChI=1S/C14H15BN2O4/c1-14(2,3)21-13(18)11-9-6-8(7-16)4-5-10(9)17-12(11)15(19)20/h4-6,17,19-20H,1-3H3. The maximum Gasteiger partial charge on any atom is 0.506 e. The Bertz CT molecular complexity index is 738. The Labute approximate surface area is 122 Å². The lowest BCUT2D eigenvalue weighted by molar-refractivity contribution is 0.00729. The first-order valence-electron chi connectivity index (χ1n) is 6.38. The molecule has 0 saturated heterocycles. The van der Waals surface area contributed by atoms with E-state index in [4.69, 9.17) is 10.00 Å². The summed E-state index contributed by atoms with van der Waals surface area (Å²) in [5.74, 6) is -0.674. The number of carbonyl (C=O) groups excluding carboxylic acids is 1. The molecule has 0 saturated carbocycles. The number of nitrogens with zero attached hydrogens (tertiary/aromatic N) is 1. The van der Waals surface area contributed by atoms with E-state index in [2.05, 4.69) is 4.98 Å². The molecule has 1 heterocycles. The van der Waals surface area contributed by atoms with Crippen LogP contribution in [-0.4, -0.2) is 33.7 Å². The van der Waals surface area contributed by atoms with Crippen LogP contribution in [0.15, 0.2) is 18.2 Å². The molecule has 2 aromatic rings. The number of H-pyrrole nitrogens is 1. The Morgan fingerprint density at radius 3 is 2.57 bits per heavy atom. The van der Waals surface area contributed by atoms with Gasteiger partial charge in [-0.2, -0.15) is 5.26 Å². The molecule has 21 heavy (non-hydrogen) atoms. The van der Waals surface area contributed by atoms with Crippen LogP contribution in [0.5, 0.6) is 0 Å². The van der Waals surface area contributed by atoms with Crippen LogP contribution in [0.3, 0.4) is 0 Å². The zero-order chi connectivity index (χ0) is 15.8. The third kappa shape index (κ3) is 3.07. The molecule has 7 heteroatoms. The van der Waals surface area contributed by atoms with Crippen LogP contribution in [-0.2, 0) is 4.74 Å². The Hall–Kier alpha value is -2.30. The van der Waals surface area contributed by atoms with Gasteiger partial charge >= 0.3 is 13.1 Å². The van der Waals surface area contributed by atoms with E-state index in [0.717, 1.165) is 0 Å². The van der Waals surface area contributed by atoms with E-state index in [1.54, 1.807) is 32.9 Å². The van der Waals surface area contributed by atoms with Crippen molar-refractivity contribution in [2.75, 3.05) is 0 Å². The number of carbonyl (C=O) groups is 1. The summed E-state index contributed by atoms with van der Waals surface area (Å²) < 4.78 is 5.29. The first-order chi connectivity index (χ1) is 9.73. The number of aromatic nitrogens is 1. The van der Waals surface area contributed by atoms with Crippen molar-refractivity contribution in [3.05, 3.63) is 29.3 Å². The summed E-state index contributed by atoms with van der Waals surface area (Å²) in [7, 11) is -1.84. The van der Waals surface area contributed by atoms with Crippen LogP contribution >= 0.6 is 0 Å². The van der Waals surface area contributed by atoms with Crippen molar-refractivity contribution in [3.63, 3.8) is 0 Å². The Balaban J connectivity index is 2.65. The highest BCUT2D eigenvalue weighted by molar-refractivity contribution is 6.60. The lowest BCUT2D eigenvalue weighted by Crippen LogP contribution is -2.37. The first-order valence-corrected chi connectivity index (χ1v) is 6.38. The molecular formula is C14H15BN2O4. The van der Waals surface area contributed by atoms with Gasteiger partial charge in [0.15, 0.2) is 0 Å². The maximum atomic E-state index is 12.3. The second kappa shape index (κ2) is 5.24. The van der Waals surface area contributed by atoms with Crippen LogP contribution in [0.2, 0.25) is 0 Å². The van der Waals surface area contributed by atoms with Crippen molar-refractivity contribution in [3.8, 4) is 6.07 Å². The molecule has 0 atom stereocenters. The molecule has 6 nitrogen and oxygen atoms in total. The van der Waals surface area contributed by atoms with Gasteiger partial charge in [-0.3, -0.25) is 0 Å². The summed E-state index contributed by atoms with van der Waals surface area (Å²) >= 11 is 0. The third-order valence-electron chi connectivity index (χ3n) is 2.82. The van der Waals surface area contributed by atoms with Gasteiger partial charge in [-0.1, -0.05) is 0 Å². The van der Waals surface area contributed by atoms with Crippen LogP contribution in [0.25, 0.3) is 10.9 Å². The molecule has 108 valence electrons. The van der Waals surface area contributed by atoms with Gasteiger partial charge in [-0.25, -0.2) is 4.79 Å². The monoisotopic (exact) mass is 286 g/mol. The summed E-state index contributed by atoms with van der Waals surface area (Å²) in [6.45, 7) is 5.15. The molecule has 0 radical (unpaired) electrons. The third-order valence-corrected chi connectivity index (χ3v) is 2.82. The van der Waals surface area contributed by atoms with Crippen LogP contribution in [0.4, 0.5) is 0 Å². The Kier molecular flexibility index (Phi) is 3.77. The van der Waals surface area contributed by atoms with E-state index in [1.807, 2.05) is 6.07 Å². The predicted molar refractivity (Wildman–Crippen MR) is 78.0 cm³/mol. The van der Waals surface area contributed by atoms with Crippen LogP contribution in [0.1, 0.15) is 36.7 Å². The average Bonchev–Trinajstić information content (AvgIpc) is 2.74. The predicted octanol–water partition coefficient (Wildman–Crippen LogP) is 0.675. The minimum absolute atomic E-state index is 0.0343. The van der Waals surface area contributed by atoms with E-state index >= 15 is 0 Å². The van der Waals surface area contributed by atoms with Gasteiger partial charge in [0.2, 0.25) is 0 Å². The van der Waals surface area contributed by atoms with E-state index < -0.39 is 18.7 Å². The summed E-state index contributed by atoms with van der Waals surface area (Å²) in [6.07, 6.45) is 0. The number of hydrogen-bond donors (Lipinski definition) is 3. The maximum absolute atomic E-state index is 12.3. The number of nitriles is 1. The van der Waals surface area contributed by atoms with Gasteiger partial charge in [0.05, 0.1) is 22.8 Å². The largest absolute Gasteiger partial charge is 0.506 e. The molecule has 0 unspecified atom stereocenters. The minimum atomic E-state index is -1.84. The van der Waals surface area contributed by atoms with E-state index in [0.29, 0.717) is 16.5 Å². The van der Waals surface area contributed by atoms with E-state index in [9.17, 15) is 14.8 Å². The lowest BCUT2D eigenvalue weighted by atomic mass is 9.82. The Morgan fingerprint density at radius 1 is 1.38 bits per heavy atom. The van der Waals surface area contributed by atoms with Gasteiger partial charge in [-0.05, 0) is 39.0 Å². The highest BCUT2D eigenvalue weighted by atomic mass is 16.6. The lowest BCUT2D eigenvalue weighted by Gasteiger charge is -2.19. The fourth-order valence-electron chi connectivity index (χ4n) is 2.02. The van der Waals surface area contributed by atoms with Crippen molar-refractivity contribution < 1.29 is 19.6 Å². The van der Waals surface area contributed by atoms with Crippen molar-refractivity contribution in [2.24, 2.45) is 0 Å². The number of ether oxygens (including phenoxy) is 1. The SMILES string of the molecule is CC(C)(C)OC(=O)c1c(B(O)O)[nH]c2ccc(C#N)cc12. The molecule has 0 amide bonds. The van der Waals surface area contributed by atoms with Gasteiger partial charge < -0.3 is 19.8 Å². The summed E-state index contributed by atoms with van der Waals surface area (Å²) in [6, 6.07) is 6.67. The topological polar surface area (TPSA) is 106 Å². The highest BCUT2D eigenvalue weighted by Crippen LogP contribution is 2.21. The molecule has 0 aliphatic carbocycles. The molecule has 0 fully saturated rings. The van der Waals surface area contributed by atoms with Crippen LogP contribution < -0.4 is 5.59 Å². The van der Waals surface area contributed by atoms with Crippen molar-refractivity contribution in [1.82, 2.24) is 4.98 Å². The zero-order valence-corrected chi connectivity index (χ0v) is 12.0. The summed E-state index contributed by atoms with van der Waals surface area (Å²) in [5.41, 5.74) is 0.162. The van der Waals surface area contributed by atoms with Gasteiger partial charge in [0.25, 0.3) is 0 Å². The van der Waals surface area contributed by atoms with Crippen LogP contribution in [0, 0.1) is 11.3 Å². The molecule has 2 rings (SSSR count). The van der Waals surface area contributed by atoms with Crippen molar-refractivity contribution in [1.29, 1.82) is 5.26 Å².